The molecular formula is C12H11BrN4O2S2. The highest BCUT2D eigenvalue weighted by Gasteiger charge is 2.24. The maximum Gasteiger partial charge on any atom is 0.281 e. The number of nitrogens with zero attached hydrogens (tertiary/aromatic N) is 2. The molecule has 9 heteroatoms. The number of hydrogen-bond acceptors (Lipinski definition) is 5. The standard InChI is InChI=1S/C12H11BrN4O2S2/c1-7-4-8(13)6-9(5-7)16-21(18,19)11-10(14)15-12-17(11)2-3-20-12/h2-6,16H,14H2,1H3. The van der Waals surface area contributed by atoms with Crippen molar-refractivity contribution in [3.05, 3.63) is 39.8 Å². The number of hydrogen-bond donors (Lipinski definition) is 2. The van der Waals surface area contributed by atoms with E-state index in [2.05, 4.69) is 25.6 Å². The maximum absolute atomic E-state index is 12.6. The summed E-state index contributed by atoms with van der Waals surface area (Å²) < 4.78 is 29.9. The number of fused-ring (bicyclic) bond motifs is 1. The Labute approximate surface area is 133 Å². The normalized spacial score (nSPS) is 11.9. The van der Waals surface area contributed by atoms with Crippen molar-refractivity contribution >= 4 is 53.8 Å². The van der Waals surface area contributed by atoms with Gasteiger partial charge in [0.1, 0.15) is 0 Å². The summed E-state index contributed by atoms with van der Waals surface area (Å²) in [6, 6.07) is 5.32. The summed E-state index contributed by atoms with van der Waals surface area (Å²) in [6.07, 6.45) is 1.63. The maximum atomic E-state index is 12.6. The number of thiazole rings is 1. The number of rotatable bonds is 3. The van der Waals surface area contributed by atoms with Gasteiger partial charge in [0.2, 0.25) is 5.03 Å². The Morgan fingerprint density at radius 1 is 1.38 bits per heavy atom. The van der Waals surface area contributed by atoms with Crippen molar-refractivity contribution < 1.29 is 8.42 Å². The van der Waals surface area contributed by atoms with Crippen molar-refractivity contribution in [2.75, 3.05) is 10.5 Å². The summed E-state index contributed by atoms with van der Waals surface area (Å²) in [5.74, 6) is -0.0129. The second-order valence-electron chi connectivity index (χ2n) is 4.48. The second kappa shape index (κ2) is 5.00. The van der Waals surface area contributed by atoms with E-state index in [-0.39, 0.29) is 10.8 Å². The van der Waals surface area contributed by atoms with E-state index in [0.717, 1.165) is 10.0 Å². The van der Waals surface area contributed by atoms with Crippen LogP contribution in [-0.2, 0) is 10.0 Å². The quantitative estimate of drug-likeness (QED) is 0.723. The highest BCUT2D eigenvalue weighted by Crippen LogP contribution is 2.27. The molecule has 6 nitrogen and oxygen atoms in total. The first-order valence-electron chi connectivity index (χ1n) is 5.88. The van der Waals surface area contributed by atoms with Crippen LogP contribution in [0, 0.1) is 6.92 Å². The molecule has 3 aromatic rings. The number of nitrogen functional groups attached to an aromatic ring is 1. The average molecular weight is 387 g/mol. The summed E-state index contributed by atoms with van der Waals surface area (Å²) in [5.41, 5.74) is 7.14. The molecule has 2 heterocycles. The Morgan fingerprint density at radius 3 is 2.86 bits per heavy atom. The second-order valence-corrected chi connectivity index (χ2v) is 7.87. The van der Waals surface area contributed by atoms with Crippen LogP contribution in [-0.4, -0.2) is 17.8 Å². The first-order chi connectivity index (χ1) is 9.87. The third-order valence-corrected chi connectivity index (χ3v) is 5.43. The zero-order valence-corrected chi connectivity index (χ0v) is 14.1. The van der Waals surface area contributed by atoms with Gasteiger partial charge < -0.3 is 5.73 Å². The van der Waals surface area contributed by atoms with Gasteiger partial charge in [0.25, 0.3) is 10.0 Å². The van der Waals surface area contributed by atoms with Crippen molar-refractivity contribution in [1.82, 2.24) is 9.38 Å². The van der Waals surface area contributed by atoms with Gasteiger partial charge in [-0.25, -0.2) is 4.98 Å². The van der Waals surface area contributed by atoms with Gasteiger partial charge in [-0.2, -0.15) is 8.42 Å². The van der Waals surface area contributed by atoms with Crippen LogP contribution in [0.3, 0.4) is 0 Å². The van der Waals surface area contributed by atoms with Crippen LogP contribution in [0.25, 0.3) is 4.96 Å². The Morgan fingerprint density at radius 2 is 2.14 bits per heavy atom. The lowest BCUT2D eigenvalue weighted by Crippen LogP contribution is -2.16. The molecule has 0 aliphatic carbocycles. The molecule has 0 atom stereocenters. The van der Waals surface area contributed by atoms with Crippen molar-refractivity contribution in [2.24, 2.45) is 0 Å². The lowest BCUT2D eigenvalue weighted by Gasteiger charge is -2.09. The molecule has 0 radical (unpaired) electrons. The van der Waals surface area contributed by atoms with E-state index in [1.54, 1.807) is 23.7 Å². The molecule has 0 fully saturated rings. The van der Waals surface area contributed by atoms with Gasteiger partial charge in [0, 0.05) is 16.0 Å². The predicted octanol–water partition coefficient (Wildman–Crippen LogP) is 2.85. The molecule has 1 aromatic carbocycles. The van der Waals surface area contributed by atoms with Gasteiger partial charge in [-0.05, 0) is 30.7 Å². The monoisotopic (exact) mass is 386 g/mol. The third-order valence-electron chi connectivity index (χ3n) is 2.79. The fourth-order valence-corrected chi connectivity index (χ4v) is 4.69. The van der Waals surface area contributed by atoms with E-state index in [9.17, 15) is 8.42 Å². The first-order valence-corrected chi connectivity index (χ1v) is 9.03. The molecule has 0 saturated carbocycles. The molecule has 0 unspecified atom stereocenters. The molecule has 0 saturated heterocycles. The molecule has 0 amide bonds. The van der Waals surface area contributed by atoms with Crippen LogP contribution in [0.5, 0.6) is 0 Å². The first kappa shape index (κ1) is 14.4. The van der Waals surface area contributed by atoms with Crippen LogP contribution in [0.4, 0.5) is 11.5 Å². The Hall–Kier alpha value is -1.58. The number of anilines is 2. The van der Waals surface area contributed by atoms with Gasteiger partial charge >= 0.3 is 0 Å². The van der Waals surface area contributed by atoms with Gasteiger partial charge in [0.15, 0.2) is 10.8 Å². The van der Waals surface area contributed by atoms with E-state index in [1.807, 2.05) is 13.0 Å². The van der Waals surface area contributed by atoms with E-state index in [1.165, 1.54) is 15.7 Å². The summed E-state index contributed by atoms with van der Waals surface area (Å²) >= 11 is 4.66. The van der Waals surface area contributed by atoms with Crippen LogP contribution in [0.2, 0.25) is 0 Å². The van der Waals surface area contributed by atoms with Gasteiger partial charge in [-0.3, -0.25) is 9.12 Å². The summed E-state index contributed by atoms with van der Waals surface area (Å²) in [4.78, 5) is 4.59. The molecule has 3 rings (SSSR count). The number of imidazole rings is 1. The number of halogens is 1. The van der Waals surface area contributed by atoms with Gasteiger partial charge in [0.05, 0.1) is 5.69 Å². The van der Waals surface area contributed by atoms with Crippen molar-refractivity contribution in [2.45, 2.75) is 11.9 Å². The van der Waals surface area contributed by atoms with E-state index in [0.29, 0.717) is 10.6 Å². The SMILES string of the molecule is Cc1cc(Br)cc(NS(=O)(=O)c2c(N)nc3sccn23)c1. The highest BCUT2D eigenvalue weighted by atomic mass is 79.9. The lowest BCUT2D eigenvalue weighted by atomic mass is 10.2. The van der Waals surface area contributed by atoms with Crippen molar-refractivity contribution in [3.63, 3.8) is 0 Å². The fraction of sp³-hybridized carbons (Fsp3) is 0.0833. The molecule has 21 heavy (non-hydrogen) atoms. The van der Waals surface area contributed by atoms with E-state index < -0.39 is 10.0 Å². The number of aromatic nitrogens is 2. The smallest absolute Gasteiger partial charge is 0.281 e. The number of nitrogens with one attached hydrogen (secondary N) is 1. The van der Waals surface area contributed by atoms with E-state index >= 15 is 0 Å². The fourth-order valence-electron chi connectivity index (χ4n) is 2.05. The Kier molecular flexibility index (Phi) is 3.42. The molecule has 0 aliphatic rings. The zero-order chi connectivity index (χ0) is 15.2. The summed E-state index contributed by atoms with van der Waals surface area (Å²) in [7, 11) is -3.82. The van der Waals surface area contributed by atoms with Crippen LogP contribution < -0.4 is 10.5 Å². The molecule has 0 bridgehead atoms. The third kappa shape index (κ3) is 2.63. The minimum absolute atomic E-state index is 0.0129. The minimum Gasteiger partial charge on any atom is -0.381 e. The minimum atomic E-state index is -3.82. The largest absolute Gasteiger partial charge is 0.381 e. The number of benzene rings is 1. The highest BCUT2D eigenvalue weighted by molar-refractivity contribution is 9.10. The molecule has 3 N–H and O–H groups in total. The van der Waals surface area contributed by atoms with Crippen LogP contribution in [0.15, 0.2) is 39.3 Å². The topological polar surface area (TPSA) is 89.5 Å². The summed E-state index contributed by atoms with van der Waals surface area (Å²) in [6.45, 7) is 1.88. The molecule has 0 aliphatic heterocycles. The zero-order valence-electron chi connectivity index (χ0n) is 10.9. The Bertz CT molecular complexity index is 910. The lowest BCUT2D eigenvalue weighted by molar-refractivity contribution is 0.597. The van der Waals surface area contributed by atoms with E-state index in [4.69, 9.17) is 5.73 Å². The number of nitrogens with two attached hydrogens (primary N) is 1. The molecule has 2 aromatic heterocycles. The van der Waals surface area contributed by atoms with Crippen LogP contribution >= 0.6 is 27.3 Å². The molecule has 0 spiro atoms. The van der Waals surface area contributed by atoms with Crippen LogP contribution in [0.1, 0.15) is 5.56 Å². The van der Waals surface area contributed by atoms with Crippen molar-refractivity contribution in [3.8, 4) is 0 Å². The molecule has 110 valence electrons. The summed E-state index contributed by atoms with van der Waals surface area (Å²) in [5, 5.41) is 1.71. The Balaban J connectivity index is 2.08. The van der Waals surface area contributed by atoms with Gasteiger partial charge in [-0.15, -0.1) is 11.3 Å². The predicted molar refractivity (Wildman–Crippen MR) is 87.2 cm³/mol. The average Bonchev–Trinajstić information content (AvgIpc) is 2.85. The number of aryl methyl sites for hydroxylation is 1. The van der Waals surface area contributed by atoms with Gasteiger partial charge in [-0.1, -0.05) is 15.9 Å². The van der Waals surface area contributed by atoms with Crippen molar-refractivity contribution in [1.29, 1.82) is 0 Å². The number of sulfonamides is 1. The molecular weight excluding hydrogens is 376 g/mol.